The van der Waals surface area contributed by atoms with Crippen molar-refractivity contribution in [2.75, 3.05) is 25.1 Å². The first-order chi connectivity index (χ1) is 6.99. The minimum atomic E-state index is 0.0700. The summed E-state index contributed by atoms with van der Waals surface area (Å²) < 4.78 is 0. The lowest BCUT2D eigenvalue weighted by Crippen LogP contribution is -2.47. The zero-order valence-electron chi connectivity index (χ0n) is 10.7. The Labute approximate surface area is 98.5 Å². The van der Waals surface area contributed by atoms with Gasteiger partial charge in [0, 0.05) is 18.6 Å². The molecule has 0 aliphatic carbocycles. The van der Waals surface area contributed by atoms with Crippen LogP contribution in [0.2, 0.25) is 0 Å². The Kier molecular flexibility index (Phi) is 7.65. The molecule has 0 saturated carbocycles. The van der Waals surface area contributed by atoms with Crippen molar-refractivity contribution in [1.29, 1.82) is 0 Å². The third-order valence-electron chi connectivity index (χ3n) is 1.61. The second kappa shape index (κ2) is 7.85. The number of hydrogen-bond donors (Lipinski definition) is 2. The molecule has 0 saturated heterocycles. The van der Waals surface area contributed by atoms with Gasteiger partial charge in [-0.1, -0.05) is 0 Å². The van der Waals surface area contributed by atoms with Crippen molar-refractivity contribution < 1.29 is 0 Å². The minimum Gasteiger partial charge on any atom is -0.357 e. The van der Waals surface area contributed by atoms with Crippen LogP contribution >= 0.6 is 11.8 Å². The Morgan fingerprint density at radius 2 is 2.00 bits per heavy atom. The second-order valence-corrected chi connectivity index (χ2v) is 5.47. The quantitative estimate of drug-likeness (QED) is 0.432. The largest absolute Gasteiger partial charge is 0.357 e. The summed E-state index contributed by atoms with van der Waals surface area (Å²) in [6.07, 6.45) is 3.27. The van der Waals surface area contributed by atoms with Crippen LogP contribution in [-0.4, -0.2) is 36.6 Å². The van der Waals surface area contributed by atoms with Gasteiger partial charge in [-0.3, -0.25) is 4.99 Å². The number of nitrogens with zero attached hydrogens (tertiary/aromatic N) is 1. The number of guanidine groups is 1. The van der Waals surface area contributed by atoms with Crippen molar-refractivity contribution in [3.63, 3.8) is 0 Å². The summed E-state index contributed by atoms with van der Waals surface area (Å²) in [4.78, 5) is 4.52. The Hall–Kier alpha value is -0.380. The molecule has 2 N–H and O–H groups in total. The fourth-order valence-corrected chi connectivity index (χ4v) is 1.48. The van der Waals surface area contributed by atoms with Crippen LogP contribution in [0.15, 0.2) is 4.99 Å². The third-order valence-corrected chi connectivity index (χ3v) is 2.31. The van der Waals surface area contributed by atoms with Gasteiger partial charge in [0.25, 0.3) is 0 Å². The Morgan fingerprint density at radius 3 is 2.47 bits per heavy atom. The van der Waals surface area contributed by atoms with Crippen LogP contribution in [0.5, 0.6) is 0 Å². The molecule has 0 fully saturated rings. The molecule has 0 aromatic rings. The van der Waals surface area contributed by atoms with Crippen molar-refractivity contribution in [3.8, 4) is 0 Å². The maximum absolute atomic E-state index is 4.52. The molecule has 0 amide bonds. The molecule has 90 valence electrons. The van der Waals surface area contributed by atoms with Crippen molar-refractivity contribution >= 4 is 17.7 Å². The summed E-state index contributed by atoms with van der Waals surface area (Å²) in [5.41, 5.74) is 0.0700. The van der Waals surface area contributed by atoms with Gasteiger partial charge in [0.1, 0.15) is 0 Å². The van der Waals surface area contributed by atoms with E-state index in [0.29, 0.717) is 0 Å². The normalized spacial score (nSPS) is 12.7. The molecule has 0 aromatic heterocycles. The number of aliphatic imine (C=N–C) groups is 1. The lowest BCUT2D eigenvalue weighted by atomic mass is 10.1. The molecule has 0 radical (unpaired) electrons. The Bertz CT molecular complexity index is 185. The monoisotopic (exact) mass is 231 g/mol. The molecular formula is C11H25N3S. The van der Waals surface area contributed by atoms with Gasteiger partial charge in [-0.2, -0.15) is 11.8 Å². The zero-order valence-corrected chi connectivity index (χ0v) is 11.5. The van der Waals surface area contributed by atoms with E-state index in [2.05, 4.69) is 49.6 Å². The maximum Gasteiger partial charge on any atom is 0.191 e. The van der Waals surface area contributed by atoms with E-state index in [-0.39, 0.29) is 5.54 Å². The topological polar surface area (TPSA) is 36.4 Å². The fraction of sp³-hybridized carbons (Fsp3) is 0.909. The fourth-order valence-electron chi connectivity index (χ4n) is 1.06. The second-order valence-electron chi connectivity index (χ2n) is 4.48. The number of nitrogens with one attached hydrogen (secondary N) is 2. The summed E-state index contributed by atoms with van der Waals surface area (Å²) in [5, 5.41) is 6.61. The maximum atomic E-state index is 4.52. The highest BCUT2D eigenvalue weighted by atomic mass is 32.2. The van der Waals surface area contributed by atoms with Crippen LogP contribution in [0.4, 0.5) is 0 Å². The lowest BCUT2D eigenvalue weighted by Gasteiger charge is -2.23. The third kappa shape index (κ3) is 9.91. The van der Waals surface area contributed by atoms with Crippen molar-refractivity contribution in [2.24, 2.45) is 4.99 Å². The first-order valence-corrected chi connectivity index (χ1v) is 6.94. The van der Waals surface area contributed by atoms with Crippen LogP contribution in [0, 0.1) is 0 Å². The molecule has 0 atom stereocenters. The molecule has 0 aliphatic heterocycles. The number of rotatable bonds is 5. The van der Waals surface area contributed by atoms with Crippen LogP contribution in [0.1, 0.15) is 34.1 Å². The van der Waals surface area contributed by atoms with E-state index in [9.17, 15) is 0 Å². The predicted molar refractivity (Wildman–Crippen MR) is 71.9 cm³/mol. The molecule has 0 unspecified atom stereocenters. The van der Waals surface area contributed by atoms with E-state index in [4.69, 9.17) is 0 Å². The average molecular weight is 231 g/mol. The van der Waals surface area contributed by atoms with Crippen molar-refractivity contribution in [3.05, 3.63) is 0 Å². The average Bonchev–Trinajstić information content (AvgIpc) is 2.10. The molecule has 3 nitrogen and oxygen atoms in total. The SMILES string of the molecule is CCNC(=NCCCSC)NC(C)(C)C. The van der Waals surface area contributed by atoms with Crippen molar-refractivity contribution in [1.82, 2.24) is 10.6 Å². The van der Waals surface area contributed by atoms with Gasteiger partial charge in [0.15, 0.2) is 5.96 Å². The minimum absolute atomic E-state index is 0.0700. The van der Waals surface area contributed by atoms with Crippen LogP contribution in [0.25, 0.3) is 0 Å². The van der Waals surface area contributed by atoms with E-state index in [1.807, 2.05) is 11.8 Å². The Balaban J connectivity index is 4.01. The summed E-state index contributed by atoms with van der Waals surface area (Å²) in [5.74, 6) is 2.10. The Morgan fingerprint density at radius 1 is 1.33 bits per heavy atom. The smallest absolute Gasteiger partial charge is 0.191 e. The standard InChI is InChI=1S/C11H25N3S/c1-6-12-10(14-11(2,3)4)13-8-7-9-15-5/h6-9H2,1-5H3,(H2,12,13,14). The molecule has 0 aliphatic rings. The summed E-state index contributed by atoms with van der Waals surface area (Å²) in [6.45, 7) is 10.3. The molecule has 15 heavy (non-hydrogen) atoms. The molecule has 0 bridgehead atoms. The highest BCUT2D eigenvalue weighted by Crippen LogP contribution is 1.99. The molecule has 0 aromatic carbocycles. The first kappa shape index (κ1) is 14.6. The molecule has 0 spiro atoms. The summed E-state index contributed by atoms with van der Waals surface area (Å²) in [6, 6.07) is 0. The van der Waals surface area contributed by atoms with E-state index in [0.717, 1.165) is 25.5 Å². The number of hydrogen-bond acceptors (Lipinski definition) is 2. The van der Waals surface area contributed by atoms with E-state index >= 15 is 0 Å². The lowest BCUT2D eigenvalue weighted by molar-refractivity contribution is 0.501. The zero-order chi connectivity index (χ0) is 11.7. The van der Waals surface area contributed by atoms with Crippen molar-refractivity contribution in [2.45, 2.75) is 39.7 Å². The van der Waals surface area contributed by atoms with Gasteiger partial charge in [0.05, 0.1) is 0 Å². The van der Waals surface area contributed by atoms with Gasteiger partial charge in [0.2, 0.25) is 0 Å². The van der Waals surface area contributed by atoms with Crippen LogP contribution < -0.4 is 10.6 Å². The summed E-state index contributed by atoms with van der Waals surface area (Å²) in [7, 11) is 0. The summed E-state index contributed by atoms with van der Waals surface area (Å²) >= 11 is 1.87. The highest BCUT2D eigenvalue weighted by molar-refractivity contribution is 7.98. The van der Waals surface area contributed by atoms with Crippen LogP contribution in [0.3, 0.4) is 0 Å². The predicted octanol–water partition coefficient (Wildman–Crippen LogP) is 2.09. The highest BCUT2D eigenvalue weighted by Gasteiger charge is 2.10. The molecule has 4 heteroatoms. The van der Waals surface area contributed by atoms with Gasteiger partial charge in [-0.15, -0.1) is 0 Å². The van der Waals surface area contributed by atoms with Gasteiger partial charge in [-0.25, -0.2) is 0 Å². The van der Waals surface area contributed by atoms with E-state index in [1.165, 1.54) is 5.75 Å². The molecule has 0 rings (SSSR count). The van der Waals surface area contributed by atoms with E-state index in [1.54, 1.807) is 0 Å². The van der Waals surface area contributed by atoms with Crippen LogP contribution in [-0.2, 0) is 0 Å². The molecule has 0 heterocycles. The van der Waals surface area contributed by atoms with Gasteiger partial charge >= 0.3 is 0 Å². The number of thioether (sulfide) groups is 1. The van der Waals surface area contributed by atoms with E-state index < -0.39 is 0 Å². The molecular weight excluding hydrogens is 206 g/mol. The van der Waals surface area contributed by atoms with Gasteiger partial charge < -0.3 is 10.6 Å². The first-order valence-electron chi connectivity index (χ1n) is 5.55. The van der Waals surface area contributed by atoms with Gasteiger partial charge in [-0.05, 0) is 46.1 Å².